The van der Waals surface area contributed by atoms with Crippen LogP contribution in [-0.2, 0) is 0 Å². The number of benzene rings is 2. The average Bonchev–Trinajstić information content (AvgIpc) is 2.28. The van der Waals surface area contributed by atoms with E-state index in [0.717, 1.165) is 0 Å². The van der Waals surface area contributed by atoms with Gasteiger partial charge < -0.3 is 14.6 Å². The first-order valence-corrected chi connectivity index (χ1v) is 5.04. The van der Waals surface area contributed by atoms with Crippen molar-refractivity contribution in [1.29, 1.82) is 0 Å². The fourth-order valence-corrected chi connectivity index (χ4v) is 1.98. The van der Waals surface area contributed by atoms with Crippen molar-refractivity contribution >= 4 is 21.7 Å². The molecule has 0 amide bonds. The number of hydrogen-bond acceptors (Lipinski definition) is 4. The van der Waals surface area contributed by atoms with Crippen molar-refractivity contribution in [2.45, 2.75) is 0 Å². The lowest BCUT2D eigenvalue weighted by atomic mass is 10.0. The molecule has 3 rings (SSSR count). The first-order valence-electron chi connectivity index (χ1n) is 5.04. The minimum absolute atomic E-state index is 0.00765. The summed E-state index contributed by atoms with van der Waals surface area (Å²) in [7, 11) is 0. The fourth-order valence-electron chi connectivity index (χ4n) is 1.98. The van der Waals surface area contributed by atoms with Gasteiger partial charge in [0.25, 0.3) is 0 Å². The van der Waals surface area contributed by atoms with Gasteiger partial charge in [0.15, 0.2) is 0 Å². The summed E-state index contributed by atoms with van der Waals surface area (Å²) in [6.45, 7) is 0. The largest absolute Gasteiger partial charge is 0.508 e. The van der Waals surface area contributed by atoms with Crippen LogP contribution in [0.25, 0.3) is 21.7 Å². The molecule has 17 heavy (non-hydrogen) atoms. The Hall–Kier alpha value is -2.49. The van der Waals surface area contributed by atoms with Crippen molar-refractivity contribution in [1.82, 2.24) is 0 Å². The van der Waals surface area contributed by atoms with Gasteiger partial charge in [0.2, 0.25) is 0 Å². The van der Waals surface area contributed by atoms with Crippen molar-refractivity contribution in [3.05, 3.63) is 46.8 Å². The zero-order valence-corrected chi connectivity index (χ0v) is 8.68. The maximum atomic E-state index is 11.1. The molecule has 0 aliphatic heterocycles. The Bertz CT molecular complexity index is 786. The van der Waals surface area contributed by atoms with Crippen LogP contribution >= 0.6 is 0 Å². The second kappa shape index (κ2) is 3.25. The van der Waals surface area contributed by atoms with Gasteiger partial charge in [0, 0.05) is 22.9 Å². The van der Waals surface area contributed by atoms with Crippen molar-refractivity contribution in [3.8, 4) is 11.5 Å². The lowest BCUT2D eigenvalue weighted by molar-refractivity contribution is 0.455. The maximum Gasteiger partial charge on any atom is 0.336 e. The van der Waals surface area contributed by atoms with E-state index < -0.39 is 5.63 Å². The quantitative estimate of drug-likeness (QED) is 0.457. The fraction of sp³-hybridized carbons (Fsp3) is 0. The van der Waals surface area contributed by atoms with Gasteiger partial charge in [0.05, 0.1) is 0 Å². The van der Waals surface area contributed by atoms with Gasteiger partial charge in [-0.2, -0.15) is 0 Å². The molecule has 0 aliphatic carbocycles. The highest BCUT2D eigenvalue weighted by molar-refractivity contribution is 6.09. The lowest BCUT2D eigenvalue weighted by Gasteiger charge is -2.05. The summed E-state index contributed by atoms with van der Waals surface area (Å²) in [5, 5.41) is 21.1. The number of rotatable bonds is 0. The van der Waals surface area contributed by atoms with E-state index in [1.54, 1.807) is 24.3 Å². The summed E-state index contributed by atoms with van der Waals surface area (Å²) in [5.41, 5.74) is -0.0268. The van der Waals surface area contributed by atoms with Crippen molar-refractivity contribution in [2.75, 3.05) is 0 Å². The van der Waals surface area contributed by atoms with Gasteiger partial charge in [-0.1, -0.05) is 6.07 Å². The van der Waals surface area contributed by atoms with Crippen LogP contribution < -0.4 is 5.63 Å². The zero-order valence-electron chi connectivity index (χ0n) is 8.68. The van der Waals surface area contributed by atoms with E-state index in [9.17, 15) is 15.0 Å². The standard InChI is InChI=1S/C13H8O4/c14-8-5-7-1-3-11-9(2-4-12(16)17-11)13(7)10(15)6-8/h1-6,14-15H. The average molecular weight is 228 g/mol. The minimum atomic E-state index is -0.435. The predicted molar refractivity (Wildman–Crippen MR) is 63.3 cm³/mol. The molecule has 0 aliphatic rings. The Morgan fingerprint density at radius 1 is 1.00 bits per heavy atom. The first-order chi connectivity index (χ1) is 8.15. The monoisotopic (exact) mass is 228 g/mol. The highest BCUT2D eigenvalue weighted by atomic mass is 16.4. The lowest BCUT2D eigenvalue weighted by Crippen LogP contribution is -1.94. The molecule has 4 heteroatoms. The molecule has 0 radical (unpaired) electrons. The summed E-state index contributed by atoms with van der Waals surface area (Å²) >= 11 is 0. The van der Waals surface area contributed by atoms with Gasteiger partial charge in [-0.25, -0.2) is 4.79 Å². The third-order valence-corrected chi connectivity index (χ3v) is 2.68. The Morgan fingerprint density at radius 3 is 2.65 bits per heavy atom. The van der Waals surface area contributed by atoms with Crippen LogP contribution in [0.3, 0.4) is 0 Å². The Labute approximate surface area is 95.3 Å². The van der Waals surface area contributed by atoms with E-state index in [4.69, 9.17) is 4.42 Å². The van der Waals surface area contributed by atoms with Gasteiger partial charge in [-0.05, 0) is 23.6 Å². The highest BCUT2D eigenvalue weighted by Crippen LogP contribution is 2.34. The maximum absolute atomic E-state index is 11.1. The molecule has 2 N–H and O–H groups in total. The van der Waals surface area contributed by atoms with Crippen molar-refractivity contribution in [2.24, 2.45) is 0 Å². The van der Waals surface area contributed by atoms with E-state index in [-0.39, 0.29) is 11.5 Å². The number of hydrogen-bond donors (Lipinski definition) is 2. The highest BCUT2D eigenvalue weighted by Gasteiger charge is 2.08. The number of fused-ring (bicyclic) bond motifs is 3. The van der Waals surface area contributed by atoms with Crippen LogP contribution in [0.2, 0.25) is 0 Å². The molecule has 0 spiro atoms. The molecule has 1 heterocycles. The summed E-state index contributed by atoms with van der Waals surface area (Å²) in [6, 6.07) is 9.01. The van der Waals surface area contributed by atoms with Crippen molar-refractivity contribution in [3.63, 3.8) is 0 Å². The SMILES string of the molecule is O=c1ccc2c(ccc3cc(O)cc(O)c32)o1. The Kier molecular flexibility index (Phi) is 1.86. The molecule has 84 valence electrons. The first kappa shape index (κ1) is 9.72. The summed E-state index contributed by atoms with van der Waals surface area (Å²) in [4.78, 5) is 11.1. The topological polar surface area (TPSA) is 70.7 Å². The van der Waals surface area contributed by atoms with Crippen LogP contribution in [0, 0.1) is 0 Å². The molecule has 1 aromatic heterocycles. The smallest absolute Gasteiger partial charge is 0.336 e. The predicted octanol–water partition coefficient (Wildman–Crippen LogP) is 2.36. The van der Waals surface area contributed by atoms with E-state index >= 15 is 0 Å². The molecule has 0 unspecified atom stereocenters. The van der Waals surface area contributed by atoms with Crippen LogP contribution in [0.1, 0.15) is 0 Å². The third kappa shape index (κ3) is 1.42. The summed E-state index contributed by atoms with van der Waals surface area (Å²) in [6.07, 6.45) is 0. The zero-order chi connectivity index (χ0) is 12.0. The molecule has 0 saturated heterocycles. The third-order valence-electron chi connectivity index (χ3n) is 2.68. The second-order valence-corrected chi connectivity index (χ2v) is 3.79. The van der Waals surface area contributed by atoms with Crippen LogP contribution in [0.15, 0.2) is 45.6 Å². The summed E-state index contributed by atoms with van der Waals surface area (Å²) in [5.74, 6) is -0.0498. The molecule has 0 atom stereocenters. The molecular formula is C13H8O4. The molecule has 4 nitrogen and oxygen atoms in total. The molecule has 3 aromatic rings. The van der Waals surface area contributed by atoms with Gasteiger partial charge in [-0.3, -0.25) is 0 Å². The summed E-state index contributed by atoms with van der Waals surface area (Å²) < 4.78 is 5.03. The van der Waals surface area contributed by atoms with Crippen LogP contribution in [-0.4, -0.2) is 10.2 Å². The molecule has 0 fully saturated rings. The molecule has 2 aromatic carbocycles. The number of phenols is 2. The van der Waals surface area contributed by atoms with Gasteiger partial charge in [-0.15, -0.1) is 0 Å². The van der Waals surface area contributed by atoms with Gasteiger partial charge >= 0.3 is 5.63 Å². The number of phenolic OH excluding ortho intramolecular Hbond substituents is 2. The van der Waals surface area contributed by atoms with Crippen LogP contribution in [0.5, 0.6) is 11.5 Å². The van der Waals surface area contributed by atoms with E-state index in [1.807, 2.05) is 0 Å². The van der Waals surface area contributed by atoms with E-state index in [2.05, 4.69) is 0 Å². The van der Waals surface area contributed by atoms with E-state index in [1.165, 1.54) is 12.1 Å². The molecular weight excluding hydrogens is 220 g/mol. The minimum Gasteiger partial charge on any atom is -0.508 e. The van der Waals surface area contributed by atoms with Crippen molar-refractivity contribution < 1.29 is 14.6 Å². The Balaban J connectivity index is 2.59. The molecule has 0 saturated carbocycles. The van der Waals surface area contributed by atoms with Crippen LogP contribution in [0.4, 0.5) is 0 Å². The normalized spacial score (nSPS) is 11.1. The second-order valence-electron chi connectivity index (χ2n) is 3.79. The number of aromatic hydroxyl groups is 2. The molecule has 0 bridgehead atoms. The van der Waals surface area contributed by atoms with Gasteiger partial charge in [0.1, 0.15) is 17.1 Å². The van der Waals surface area contributed by atoms with E-state index in [0.29, 0.717) is 21.7 Å². The Morgan fingerprint density at radius 2 is 1.82 bits per heavy atom.